The van der Waals surface area contributed by atoms with Crippen molar-refractivity contribution in [2.75, 3.05) is 11.4 Å². The van der Waals surface area contributed by atoms with Crippen molar-refractivity contribution in [2.45, 2.75) is 25.8 Å². The summed E-state index contributed by atoms with van der Waals surface area (Å²) in [5.74, 6) is -0.00413. The first-order valence-electron chi connectivity index (χ1n) is 5.86. The molecule has 3 rings (SSSR count). The molecule has 1 fully saturated rings. The predicted octanol–water partition coefficient (Wildman–Crippen LogP) is 2.05. The molecule has 0 spiro atoms. The van der Waals surface area contributed by atoms with Gasteiger partial charge >= 0.3 is 5.97 Å². The molecular formula is C12H13N3O2S. The fraction of sp³-hybridized carbons (Fsp3) is 0.417. The zero-order chi connectivity index (χ0) is 12.7. The van der Waals surface area contributed by atoms with E-state index in [9.17, 15) is 9.90 Å². The summed E-state index contributed by atoms with van der Waals surface area (Å²) in [7, 11) is 0. The molecule has 1 atom stereocenters. The summed E-state index contributed by atoms with van der Waals surface area (Å²) in [6, 6.07) is -0.453. The second-order valence-electron chi connectivity index (χ2n) is 4.48. The molecule has 0 unspecified atom stereocenters. The van der Waals surface area contributed by atoms with E-state index in [0.29, 0.717) is 6.42 Å². The van der Waals surface area contributed by atoms with Crippen LogP contribution in [-0.2, 0) is 4.79 Å². The average Bonchev–Trinajstić information content (AvgIpc) is 2.96. The second-order valence-corrected chi connectivity index (χ2v) is 5.36. The van der Waals surface area contributed by atoms with Crippen molar-refractivity contribution in [3.8, 4) is 0 Å². The van der Waals surface area contributed by atoms with Crippen LogP contribution >= 0.6 is 11.3 Å². The molecule has 1 N–H and O–H groups in total. The lowest BCUT2D eigenvalue weighted by Gasteiger charge is -2.22. The minimum Gasteiger partial charge on any atom is -0.480 e. The number of thiophene rings is 1. The van der Waals surface area contributed by atoms with Gasteiger partial charge in [0.15, 0.2) is 5.82 Å². The summed E-state index contributed by atoms with van der Waals surface area (Å²) in [6.07, 6.45) is 3.10. The molecule has 2 aromatic rings. The van der Waals surface area contributed by atoms with E-state index in [1.165, 1.54) is 6.33 Å². The van der Waals surface area contributed by atoms with Crippen LogP contribution in [0.3, 0.4) is 0 Å². The molecule has 1 aliphatic heterocycles. The van der Waals surface area contributed by atoms with E-state index < -0.39 is 12.0 Å². The van der Waals surface area contributed by atoms with Gasteiger partial charge in [0, 0.05) is 6.54 Å². The van der Waals surface area contributed by atoms with Crippen molar-refractivity contribution < 1.29 is 9.90 Å². The molecule has 0 radical (unpaired) electrons. The Balaban J connectivity index is 2.11. The minimum absolute atomic E-state index is 0.453. The largest absolute Gasteiger partial charge is 0.480 e. The lowest BCUT2D eigenvalue weighted by atomic mass is 10.2. The Labute approximate surface area is 108 Å². The molecule has 18 heavy (non-hydrogen) atoms. The molecule has 1 aliphatic rings. The summed E-state index contributed by atoms with van der Waals surface area (Å²) in [4.78, 5) is 21.7. The third-order valence-corrected chi connectivity index (χ3v) is 4.41. The van der Waals surface area contributed by atoms with Crippen LogP contribution in [0.2, 0.25) is 0 Å². The summed E-state index contributed by atoms with van der Waals surface area (Å²) >= 11 is 1.58. The molecule has 5 nitrogen and oxygen atoms in total. The maximum absolute atomic E-state index is 11.2. The third kappa shape index (κ3) is 1.64. The topological polar surface area (TPSA) is 66.3 Å². The van der Waals surface area contributed by atoms with Crippen molar-refractivity contribution >= 4 is 33.3 Å². The van der Waals surface area contributed by atoms with E-state index in [4.69, 9.17) is 0 Å². The van der Waals surface area contributed by atoms with E-state index in [2.05, 4.69) is 9.97 Å². The Hall–Kier alpha value is -1.69. The number of hydrogen-bond acceptors (Lipinski definition) is 5. The summed E-state index contributed by atoms with van der Waals surface area (Å²) in [5.41, 5.74) is 2.05. The quantitative estimate of drug-likeness (QED) is 0.898. The maximum atomic E-state index is 11.2. The second kappa shape index (κ2) is 4.20. The van der Waals surface area contributed by atoms with Gasteiger partial charge in [-0.05, 0) is 30.7 Å². The molecule has 3 heterocycles. The van der Waals surface area contributed by atoms with Crippen LogP contribution in [0.1, 0.15) is 18.4 Å². The van der Waals surface area contributed by atoms with Gasteiger partial charge in [-0.25, -0.2) is 14.8 Å². The smallest absolute Gasteiger partial charge is 0.326 e. The van der Waals surface area contributed by atoms with Gasteiger partial charge in [-0.15, -0.1) is 11.3 Å². The fourth-order valence-electron chi connectivity index (χ4n) is 2.44. The van der Waals surface area contributed by atoms with Crippen molar-refractivity contribution in [3.63, 3.8) is 0 Å². The highest BCUT2D eigenvalue weighted by molar-refractivity contribution is 7.18. The number of aromatic nitrogens is 2. The molecule has 0 amide bonds. The number of nitrogens with zero attached hydrogens (tertiary/aromatic N) is 3. The molecule has 6 heteroatoms. The SMILES string of the molecule is Cc1csc2c(N3CCC[C@@H]3C(=O)O)ncnc12. The first-order chi connectivity index (χ1) is 8.68. The summed E-state index contributed by atoms with van der Waals surface area (Å²) in [6.45, 7) is 2.76. The molecule has 94 valence electrons. The molecule has 0 aliphatic carbocycles. The number of hydrogen-bond donors (Lipinski definition) is 1. The number of carboxylic acid groups (broad SMARTS) is 1. The van der Waals surface area contributed by atoms with E-state index in [-0.39, 0.29) is 0 Å². The van der Waals surface area contributed by atoms with Gasteiger partial charge in [0.1, 0.15) is 12.4 Å². The number of carboxylic acids is 1. The first kappa shape index (κ1) is 11.4. The van der Waals surface area contributed by atoms with Gasteiger partial charge in [-0.1, -0.05) is 0 Å². The Kier molecular flexibility index (Phi) is 2.66. The van der Waals surface area contributed by atoms with E-state index in [0.717, 1.165) is 34.6 Å². The van der Waals surface area contributed by atoms with Crippen LogP contribution in [0.25, 0.3) is 10.2 Å². The zero-order valence-electron chi connectivity index (χ0n) is 9.96. The van der Waals surface area contributed by atoms with Gasteiger partial charge in [0.05, 0.1) is 10.2 Å². The van der Waals surface area contributed by atoms with E-state index in [1.54, 1.807) is 11.3 Å². The Bertz CT molecular complexity index is 610. The lowest BCUT2D eigenvalue weighted by molar-refractivity contribution is -0.138. The van der Waals surface area contributed by atoms with Crippen LogP contribution < -0.4 is 4.90 Å². The molecule has 0 bridgehead atoms. The Morgan fingerprint density at radius 3 is 3.17 bits per heavy atom. The van der Waals surface area contributed by atoms with Crippen molar-refractivity contribution in [3.05, 3.63) is 17.3 Å². The predicted molar refractivity (Wildman–Crippen MR) is 70.2 cm³/mol. The van der Waals surface area contributed by atoms with Crippen LogP contribution in [0, 0.1) is 6.92 Å². The molecular weight excluding hydrogens is 250 g/mol. The first-order valence-corrected chi connectivity index (χ1v) is 6.74. The summed E-state index contributed by atoms with van der Waals surface area (Å²) in [5, 5.41) is 11.3. The lowest BCUT2D eigenvalue weighted by Crippen LogP contribution is -2.36. The van der Waals surface area contributed by atoms with Crippen LogP contribution in [-0.4, -0.2) is 33.6 Å². The zero-order valence-corrected chi connectivity index (χ0v) is 10.8. The van der Waals surface area contributed by atoms with Gasteiger partial charge in [0.25, 0.3) is 0 Å². The number of aryl methyl sites for hydroxylation is 1. The van der Waals surface area contributed by atoms with Gasteiger partial charge in [-0.3, -0.25) is 0 Å². The van der Waals surface area contributed by atoms with Crippen molar-refractivity contribution in [2.24, 2.45) is 0 Å². The third-order valence-electron chi connectivity index (χ3n) is 3.32. The number of aliphatic carboxylic acids is 1. The Morgan fingerprint density at radius 2 is 2.39 bits per heavy atom. The monoisotopic (exact) mass is 263 g/mol. The molecule has 1 saturated heterocycles. The number of fused-ring (bicyclic) bond motifs is 1. The highest BCUT2D eigenvalue weighted by Gasteiger charge is 2.32. The van der Waals surface area contributed by atoms with Crippen LogP contribution in [0.5, 0.6) is 0 Å². The van der Waals surface area contributed by atoms with Crippen LogP contribution in [0.4, 0.5) is 5.82 Å². The van der Waals surface area contributed by atoms with E-state index >= 15 is 0 Å². The van der Waals surface area contributed by atoms with Gasteiger partial charge in [0.2, 0.25) is 0 Å². The normalized spacial score (nSPS) is 19.6. The molecule has 0 aromatic carbocycles. The highest BCUT2D eigenvalue weighted by Crippen LogP contribution is 2.34. The van der Waals surface area contributed by atoms with Crippen molar-refractivity contribution in [1.29, 1.82) is 0 Å². The van der Waals surface area contributed by atoms with Gasteiger partial charge in [-0.2, -0.15) is 0 Å². The fourth-order valence-corrected chi connectivity index (χ4v) is 3.45. The highest BCUT2D eigenvalue weighted by atomic mass is 32.1. The van der Waals surface area contributed by atoms with Crippen LogP contribution in [0.15, 0.2) is 11.7 Å². The van der Waals surface area contributed by atoms with Gasteiger partial charge < -0.3 is 10.0 Å². The molecule has 2 aromatic heterocycles. The minimum atomic E-state index is -0.771. The maximum Gasteiger partial charge on any atom is 0.326 e. The number of carbonyl (C=O) groups is 1. The number of anilines is 1. The summed E-state index contributed by atoms with van der Waals surface area (Å²) < 4.78 is 0.989. The molecule has 0 saturated carbocycles. The Morgan fingerprint density at radius 1 is 1.56 bits per heavy atom. The average molecular weight is 263 g/mol. The number of rotatable bonds is 2. The van der Waals surface area contributed by atoms with Crippen molar-refractivity contribution in [1.82, 2.24) is 9.97 Å². The standard InChI is InChI=1S/C12H13N3O2S/c1-7-5-18-10-9(7)13-6-14-11(10)15-4-2-3-8(15)12(16)17/h5-6,8H,2-4H2,1H3,(H,16,17)/t8-/m1/s1. The van der Waals surface area contributed by atoms with E-state index in [1.807, 2.05) is 17.2 Å².